The highest BCUT2D eigenvalue weighted by Gasteiger charge is 2.13. The molecule has 0 saturated heterocycles. The predicted molar refractivity (Wildman–Crippen MR) is 69.9 cm³/mol. The Hall–Kier alpha value is -0.870. The molecule has 0 fully saturated rings. The van der Waals surface area contributed by atoms with Gasteiger partial charge in [-0.3, -0.25) is 0 Å². The number of nitrogens with two attached hydrogens (primary N) is 1. The molecule has 1 unspecified atom stereocenters. The minimum absolute atomic E-state index is 0.118. The van der Waals surface area contributed by atoms with E-state index in [2.05, 4.69) is 18.8 Å². The van der Waals surface area contributed by atoms with E-state index in [1.807, 2.05) is 0 Å². The van der Waals surface area contributed by atoms with Crippen molar-refractivity contribution >= 4 is 17.4 Å². The normalized spacial score (nSPS) is 12.9. The Balaban J connectivity index is 2.61. The molecule has 3 nitrogen and oxygen atoms in total. The molecular weight excluding hydrogens is 241 g/mol. The highest BCUT2D eigenvalue weighted by Crippen LogP contribution is 2.19. The van der Waals surface area contributed by atoms with Crippen LogP contribution in [0.1, 0.15) is 20.3 Å². The van der Waals surface area contributed by atoms with Crippen molar-refractivity contribution in [3.8, 4) is 0 Å². The third-order valence-corrected chi connectivity index (χ3v) is 3.01. The summed E-state index contributed by atoms with van der Waals surface area (Å²) in [6, 6.07) is 1.38. The van der Waals surface area contributed by atoms with Crippen LogP contribution in [0.5, 0.6) is 0 Å². The zero-order chi connectivity index (χ0) is 13.0. The molecule has 2 N–H and O–H groups in total. The van der Waals surface area contributed by atoms with E-state index in [4.69, 9.17) is 17.3 Å². The molecule has 0 spiro atoms. The van der Waals surface area contributed by atoms with Gasteiger partial charge in [-0.25, -0.2) is 9.37 Å². The van der Waals surface area contributed by atoms with Crippen molar-refractivity contribution in [3.05, 3.63) is 23.1 Å². The van der Waals surface area contributed by atoms with Gasteiger partial charge in [-0.05, 0) is 18.4 Å². The topological polar surface area (TPSA) is 42.1 Å². The third-order valence-electron chi connectivity index (χ3n) is 2.80. The minimum Gasteiger partial charge on any atom is -0.357 e. The van der Waals surface area contributed by atoms with E-state index < -0.39 is 5.82 Å². The van der Waals surface area contributed by atoms with Crippen molar-refractivity contribution in [2.24, 2.45) is 11.7 Å². The molecule has 0 saturated carbocycles. The summed E-state index contributed by atoms with van der Waals surface area (Å²) in [5.74, 6) is 0.329. The average Bonchev–Trinajstić information content (AvgIpc) is 2.25. The Morgan fingerprint density at radius 3 is 2.71 bits per heavy atom. The van der Waals surface area contributed by atoms with Crippen LogP contribution in [0.25, 0.3) is 0 Å². The van der Waals surface area contributed by atoms with E-state index >= 15 is 0 Å². The number of pyridine rings is 1. The van der Waals surface area contributed by atoms with Crippen molar-refractivity contribution < 1.29 is 4.39 Å². The van der Waals surface area contributed by atoms with E-state index in [1.54, 1.807) is 11.9 Å². The van der Waals surface area contributed by atoms with Crippen molar-refractivity contribution in [3.63, 3.8) is 0 Å². The molecule has 0 bridgehead atoms. The van der Waals surface area contributed by atoms with Crippen LogP contribution in [0, 0.1) is 11.7 Å². The fourth-order valence-corrected chi connectivity index (χ4v) is 1.61. The second-order valence-electron chi connectivity index (χ2n) is 4.58. The fraction of sp³-hybridized carbons (Fsp3) is 0.583. The second-order valence-corrected chi connectivity index (χ2v) is 5.01. The average molecular weight is 260 g/mol. The van der Waals surface area contributed by atoms with Gasteiger partial charge in [-0.15, -0.1) is 0 Å². The van der Waals surface area contributed by atoms with Crippen LogP contribution >= 0.6 is 11.6 Å². The molecule has 0 aliphatic carbocycles. The van der Waals surface area contributed by atoms with Crippen LogP contribution in [-0.2, 0) is 0 Å². The summed E-state index contributed by atoms with van der Waals surface area (Å²) in [6.45, 7) is 4.82. The maximum atomic E-state index is 13.6. The van der Waals surface area contributed by atoms with Gasteiger partial charge in [0.25, 0.3) is 0 Å². The molecule has 1 aromatic heterocycles. The molecule has 0 radical (unpaired) electrons. The first-order valence-electron chi connectivity index (χ1n) is 5.69. The molecule has 17 heavy (non-hydrogen) atoms. The summed E-state index contributed by atoms with van der Waals surface area (Å²) in [4.78, 5) is 5.74. The summed E-state index contributed by atoms with van der Waals surface area (Å²) in [7, 11) is 1.80. The van der Waals surface area contributed by atoms with E-state index in [0.717, 1.165) is 6.42 Å². The van der Waals surface area contributed by atoms with Gasteiger partial charge >= 0.3 is 0 Å². The first-order valence-corrected chi connectivity index (χ1v) is 6.07. The lowest BCUT2D eigenvalue weighted by Gasteiger charge is -2.22. The Morgan fingerprint density at radius 2 is 2.18 bits per heavy atom. The smallest absolute Gasteiger partial charge is 0.167 e. The van der Waals surface area contributed by atoms with Gasteiger partial charge < -0.3 is 10.6 Å². The maximum Gasteiger partial charge on any atom is 0.167 e. The Bertz CT molecular complexity index is 371. The summed E-state index contributed by atoms with van der Waals surface area (Å²) >= 11 is 5.65. The number of halogens is 2. The maximum absolute atomic E-state index is 13.6. The molecule has 0 amide bonds. The van der Waals surface area contributed by atoms with E-state index in [1.165, 1.54) is 12.3 Å². The quantitative estimate of drug-likeness (QED) is 0.884. The van der Waals surface area contributed by atoms with Crippen molar-refractivity contribution in [1.82, 2.24) is 4.98 Å². The highest BCUT2D eigenvalue weighted by molar-refractivity contribution is 6.30. The zero-order valence-corrected chi connectivity index (χ0v) is 11.2. The van der Waals surface area contributed by atoms with Crippen molar-refractivity contribution in [2.45, 2.75) is 26.3 Å². The second kappa shape index (κ2) is 6.17. The Kier molecular flexibility index (Phi) is 5.15. The van der Waals surface area contributed by atoms with Crippen LogP contribution in [0.2, 0.25) is 5.02 Å². The van der Waals surface area contributed by atoms with Crippen LogP contribution in [0.3, 0.4) is 0 Å². The number of hydrogen-bond donors (Lipinski definition) is 1. The van der Waals surface area contributed by atoms with Crippen LogP contribution in [0.15, 0.2) is 12.3 Å². The number of nitrogens with zero attached hydrogens (tertiary/aromatic N) is 2. The van der Waals surface area contributed by atoms with Gasteiger partial charge in [0.05, 0.1) is 5.02 Å². The summed E-state index contributed by atoms with van der Waals surface area (Å²) in [5, 5.41) is 0.304. The highest BCUT2D eigenvalue weighted by atomic mass is 35.5. The monoisotopic (exact) mass is 259 g/mol. The summed E-state index contributed by atoms with van der Waals surface area (Å²) in [5.41, 5.74) is 5.94. The van der Waals surface area contributed by atoms with Gasteiger partial charge in [-0.1, -0.05) is 25.4 Å². The molecule has 0 aromatic carbocycles. The standard InChI is InChI=1S/C12H19ClFN3/c1-8(2)11(15)4-5-17(3)12-10(14)6-9(13)7-16-12/h6-8,11H,4-5,15H2,1-3H3. The molecule has 5 heteroatoms. The minimum atomic E-state index is -0.405. The first kappa shape index (κ1) is 14.2. The van der Waals surface area contributed by atoms with Crippen LogP contribution < -0.4 is 10.6 Å². The van der Waals surface area contributed by atoms with Gasteiger partial charge in [0.1, 0.15) is 0 Å². The van der Waals surface area contributed by atoms with Crippen molar-refractivity contribution in [1.29, 1.82) is 0 Å². The number of rotatable bonds is 5. The Labute approximate surface area is 107 Å². The van der Waals surface area contributed by atoms with Gasteiger partial charge in [0.15, 0.2) is 11.6 Å². The van der Waals surface area contributed by atoms with E-state index in [-0.39, 0.29) is 6.04 Å². The number of anilines is 1. The van der Waals surface area contributed by atoms with Gasteiger partial charge in [0, 0.05) is 25.8 Å². The van der Waals surface area contributed by atoms with Crippen LogP contribution in [-0.4, -0.2) is 24.6 Å². The summed E-state index contributed by atoms with van der Waals surface area (Å²) < 4.78 is 13.6. The lowest BCUT2D eigenvalue weighted by atomic mass is 10.0. The molecule has 1 atom stereocenters. The SMILES string of the molecule is CC(C)C(N)CCN(C)c1ncc(Cl)cc1F. The molecule has 1 aromatic rings. The zero-order valence-electron chi connectivity index (χ0n) is 10.5. The number of hydrogen-bond acceptors (Lipinski definition) is 3. The molecular formula is C12H19ClFN3. The Morgan fingerprint density at radius 1 is 1.53 bits per heavy atom. The van der Waals surface area contributed by atoms with E-state index in [9.17, 15) is 4.39 Å². The van der Waals surface area contributed by atoms with Gasteiger partial charge in [-0.2, -0.15) is 0 Å². The van der Waals surface area contributed by atoms with E-state index in [0.29, 0.717) is 23.3 Å². The van der Waals surface area contributed by atoms with Gasteiger partial charge in [0.2, 0.25) is 0 Å². The largest absolute Gasteiger partial charge is 0.357 e. The lowest BCUT2D eigenvalue weighted by molar-refractivity contribution is 0.464. The summed E-state index contributed by atoms with van der Waals surface area (Å²) in [6.07, 6.45) is 2.25. The third kappa shape index (κ3) is 4.13. The van der Waals surface area contributed by atoms with Crippen molar-refractivity contribution in [2.75, 3.05) is 18.5 Å². The predicted octanol–water partition coefficient (Wildman–Crippen LogP) is 2.68. The molecule has 0 aliphatic rings. The molecule has 1 heterocycles. The first-order chi connectivity index (χ1) is 7.91. The molecule has 96 valence electrons. The molecule has 0 aliphatic heterocycles. The fourth-order valence-electron chi connectivity index (χ4n) is 1.47. The lowest BCUT2D eigenvalue weighted by Crippen LogP contribution is -2.32. The van der Waals surface area contributed by atoms with Crippen LogP contribution in [0.4, 0.5) is 10.2 Å². The molecule has 1 rings (SSSR count). The number of aromatic nitrogens is 1.